The number of hydrogen-bond donors (Lipinski definition) is 3. The number of carbonyl (C=O) groups is 1. The van der Waals surface area contributed by atoms with Crippen molar-refractivity contribution in [1.82, 2.24) is 15.7 Å². The van der Waals surface area contributed by atoms with Crippen molar-refractivity contribution in [2.45, 2.75) is 57.2 Å². The quantitative estimate of drug-likeness (QED) is 0.349. The lowest BCUT2D eigenvalue weighted by molar-refractivity contribution is 0.0498. The Morgan fingerprint density at radius 3 is 2.71 bits per heavy atom. The van der Waals surface area contributed by atoms with Gasteiger partial charge in [-0.2, -0.15) is 0 Å². The predicted molar refractivity (Wildman–Crippen MR) is 139 cm³/mol. The van der Waals surface area contributed by atoms with E-state index in [0.717, 1.165) is 61.3 Å². The molecule has 1 aromatic carbocycles. The van der Waals surface area contributed by atoms with E-state index in [0.29, 0.717) is 21.6 Å². The number of benzene rings is 1. The summed E-state index contributed by atoms with van der Waals surface area (Å²) in [7, 11) is 0. The van der Waals surface area contributed by atoms with Crippen LogP contribution in [0.1, 0.15) is 65.7 Å². The van der Waals surface area contributed by atoms with Gasteiger partial charge < -0.3 is 15.0 Å². The van der Waals surface area contributed by atoms with Crippen molar-refractivity contribution in [3.63, 3.8) is 0 Å². The SMILES string of the molecule is N=C(c1ccc(C2=CC(CNC(=O)c3ccc(Cl)s3)ON2)c(OC2CCCCC2)c1)N1CCCC1. The molecule has 3 heterocycles. The highest BCUT2D eigenvalue weighted by Crippen LogP contribution is 2.33. The Labute approximate surface area is 214 Å². The second-order valence-electron chi connectivity index (χ2n) is 9.28. The first kappa shape index (κ1) is 24.2. The van der Waals surface area contributed by atoms with Crippen molar-refractivity contribution in [3.05, 3.63) is 56.7 Å². The molecule has 1 aromatic heterocycles. The van der Waals surface area contributed by atoms with E-state index >= 15 is 0 Å². The third-order valence-electron chi connectivity index (χ3n) is 6.75. The van der Waals surface area contributed by atoms with Crippen LogP contribution in [0.4, 0.5) is 0 Å². The molecule has 1 amide bonds. The normalized spacial score (nSPS) is 20.4. The molecular formula is C26H31ClN4O3S. The predicted octanol–water partition coefficient (Wildman–Crippen LogP) is 5.21. The molecule has 0 spiro atoms. The minimum Gasteiger partial charge on any atom is -0.490 e. The van der Waals surface area contributed by atoms with E-state index in [9.17, 15) is 4.79 Å². The molecule has 1 atom stereocenters. The first-order chi connectivity index (χ1) is 17.1. The molecule has 2 aromatic rings. The summed E-state index contributed by atoms with van der Waals surface area (Å²) >= 11 is 7.19. The molecule has 0 radical (unpaired) electrons. The maximum atomic E-state index is 12.4. The van der Waals surface area contributed by atoms with Crippen LogP contribution in [0.25, 0.3) is 5.70 Å². The number of nitrogens with one attached hydrogen (secondary N) is 3. The standard InChI is InChI=1S/C26H31ClN4O3S/c27-24-11-10-23(35-24)26(32)29-16-19-15-21(30-34-19)20-9-8-17(25(28)31-12-4-5-13-31)14-22(20)33-18-6-2-1-3-7-18/h8-11,14-15,18-19,28,30H,1-7,12-13,16H2,(H,29,32). The zero-order valence-corrected chi connectivity index (χ0v) is 21.2. The molecule has 1 aliphatic carbocycles. The van der Waals surface area contributed by atoms with Crippen LogP contribution < -0.4 is 15.5 Å². The number of halogens is 1. The number of ether oxygens (including phenoxy) is 1. The summed E-state index contributed by atoms with van der Waals surface area (Å²) < 4.78 is 7.10. The van der Waals surface area contributed by atoms with Crippen LogP contribution in [0.15, 0.2) is 36.4 Å². The average Bonchev–Trinajstić information content (AvgIpc) is 3.65. The van der Waals surface area contributed by atoms with Crippen LogP contribution in [0.5, 0.6) is 5.75 Å². The van der Waals surface area contributed by atoms with Crippen LogP contribution in [0, 0.1) is 5.41 Å². The third kappa shape index (κ3) is 5.82. The molecule has 5 rings (SSSR count). The van der Waals surface area contributed by atoms with Crippen molar-refractivity contribution in [3.8, 4) is 5.75 Å². The number of rotatable bonds is 7. The highest BCUT2D eigenvalue weighted by Gasteiger charge is 2.25. The molecule has 2 aliphatic heterocycles. The lowest BCUT2D eigenvalue weighted by Crippen LogP contribution is -2.31. The van der Waals surface area contributed by atoms with E-state index < -0.39 is 0 Å². The molecule has 7 nitrogen and oxygen atoms in total. The van der Waals surface area contributed by atoms with Crippen LogP contribution in [0.2, 0.25) is 4.34 Å². The van der Waals surface area contributed by atoms with Crippen molar-refractivity contribution >= 4 is 40.4 Å². The number of thiophene rings is 1. The molecule has 0 bridgehead atoms. The fraction of sp³-hybridized carbons (Fsp3) is 0.462. The Bertz CT molecular complexity index is 1110. The lowest BCUT2D eigenvalue weighted by atomic mass is 9.97. The van der Waals surface area contributed by atoms with E-state index in [1.54, 1.807) is 12.1 Å². The Morgan fingerprint density at radius 1 is 1.17 bits per heavy atom. The minimum atomic E-state index is -0.311. The van der Waals surface area contributed by atoms with Crippen molar-refractivity contribution in [1.29, 1.82) is 5.41 Å². The summed E-state index contributed by atoms with van der Waals surface area (Å²) in [4.78, 5) is 20.8. The summed E-state index contributed by atoms with van der Waals surface area (Å²) in [5.41, 5.74) is 5.62. The van der Waals surface area contributed by atoms with Gasteiger partial charge in [0, 0.05) is 24.2 Å². The second-order valence-corrected chi connectivity index (χ2v) is 11.0. The summed E-state index contributed by atoms with van der Waals surface area (Å²) in [6, 6.07) is 9.43. The van der Waals surface area contributed by atoms with Crippen LogP contribution >= 0.6 is 22.9 Å². The van der Waals surface area contributed by atoms with E-state index in [4.69, 9.17) is 26.6 Å². The Kier molecular flexibility index (Phi) is 7.60. The molecule has 1 saturated carbocycles. The lowest BCUT2D eigenvalue weighted by Gasteiger charge is -2.25. The van der Waals surface area contributed by atoms with E-state index in [-0.39, 0.29) is 18.1 Å². The van der Waals surface area contributed by atoms with Gasteiger partial charge in [-0.3, -0.25) is 20.5 Å². The molecule has 3 aliphatic rings. The smallest absolute Gasteiger partial charge is 0.261 e. The summed E-state index contributed by atoms with van der Waals surface area (Å²) in [5, 5.41) is 11.6. The minimum absolute atomic E-state index is 0.168. The van der Waals surface area contributed by atoms with Crippen molar-refractivity contribution in [2.75, 3.05) is 19.6 Å². The van der Waals surface area contributed by atoms with Crippen molar-refractivity contribution in [2.24, 2.45) is 0 Å². The van der Waals surface area contributed by atoms with Gasteiger partial charge in [0.25, 0.3) is 5.91 Å². The third-order valence-corrected chi connectivity index (χ3v) is 7.98. The summed E-state index contributed by atoms with van der Waals surface area (Å²) in [6.07, 6.45) is 9.86. The monoisotopic (exact) mass is 514 g/mol. The molecule has 3 N–H and O–H groups in total. The zero-order chi connectivity index (χ0) is 24.2. The first-order valence-corrected chi connectivity index (χ1v) is 13.6. The van der Waals surface area contributed by atoms with Gasteiger partial charge >= 0.3 is 0 Å². The van der Waals surface area contributed by atoms with Crippen LogP contribution in [-0.2, 0) is 4.84 Å². The van der Waals surface area contributed by atoms with Gasteiger partial charge in [-0.15, -0.1) is 11.3 Å². The number of amidine groups is 1. The maximum absolute atomic E-state index is 12.4. The van der Waals surface area contributed by atoms with Crippen molar-refractivity contribution < 1.29 is 14.4 Å². The zero-order valence-electron chi connectivity index (χ0n) is 19.6. The van der Waals surface area contributed by atoms with Gasteiger partial charge in [0.1, 0.15) is 17.7 Å². The highest BCUT2D eigenvalue weighted by molar-refractivity contribution is 7.18. The summed E-state index contributed by atoms with van der Waals surface area (Å²) in [5.74, 6) is 1.17. The van der Waals surface area contributed by atoms with Gasteiger partial charge in [0.2, 0.25) is 0 Å². The number of hydrogen-bond acceptors (Lipinski definition) is 6. The molecule has 35 heavy (non-hydrogen) atoms. The fourth-order valence-corrected chi connectivity index (χ4v) is 5.79. The largest absolute Gasteiger partial charge is 0.490 e. The van der Waals surface area contributed by atoms with Gasteiger partial charge in [0.15, 0.2) is 0 Å². The molecule has 186 valence electrons. The number of hydroxylamine groups is 1. The Balaban J connectivity index is 1.32. The molecule has 2 fully saturated rings. The number of carbonyl (C=O) groups excluding carboxylic acids is 1. The fourth-order valence-electron chi connectivity index (χ4n) is 4.83. The Hall–Kier alpha value is -2.55. The second kappa shape index (κ2) is 11.0. The molecule has 1 unspecified atom stereocenters. The van der Waals surface area contributed by atoms with E-state index in [2.05, 4.69) is 15.7 Å². The van der Waals surface area contributed by atoms with Gasteiger partial charge in [-0.25, -0.2) is 0 Å². The van der Waals surface area contributed by atoms with Crippen LogP contribution in [-0.4, -0.2) is 48.5 Å². The Morgan fingerprint density at radius 2 is 1.97 bits per heavy atom. The van der Waals surface area contributed by atoms with Gasteiger partial charge in [0.05, 0.1) is 27.6 Å². The van der Waals surface area contributed by atoms with Gasteiger partial charge in [-0.05, 0) is 68.9 Å². The number of likely N-dealkylation sites (tertiary alicyclic amines) is 1. The molecular weight excluding hydrogens is 484 g/mol. The topological polar surface area (TPSA) is 86.7 Å². The van der Waals surface area contributed by atoms with E-state index in [1.807, 2.05) is 24.3 Å². The number of nitrogens with zero attached hydrogens (tertiary/aromatic N) is 1. The maximum Gasteiger partial charge on any atom is 0.261 e. The molecule has 1 saturated heterocycles. The van der Waals surface area contributed by atoms with E-state index in [1.165, 1.54) is 30.6 Å². The number of amides is 1. The van der Waals surface area contributed by atoms with Crippen LogP contribution in [0.3, 0.4) is 0 Å². The highest BCUT2D eigenvalue weighted by atomic mass is 35.5. The van der Waals surface area contributed by atoms with Gasteiger partial charge in [-0.1, -0.05) is 24.1 Å². The molecule has 9 heteroatoms. The summed E-state index contributed by atoms with van der Waals surface area (Å²) in [6.45, 7) is 2.21. The average molecular weight is 515 g/mol. The first-order valence-electron chi connectivity index (χ1n) is 12.4.